The van der Waals surface area contributed by atoms with Crippen LogP contribution in [-0.4, -0.2) is 50.6 Å². The van der Waals surface area contributed by atoms with Crippen molar-refractivity contribution in [3.05, 3.63) is 0 Å². The minimum absolute atomic E-state index is 0.132. The summed E-state index contributed by atoms with van der Waals surface area (Å²) in [7, 11) is 1.54. The third kappa shape index (κ3) is 4.33. The summed E-state index contributed by atoms with van der Waals surface area (Å²) in [6.07, 6.45) is 0.184. The summed E-state index contributed by atoms with van der Waals surface area (Å²) in [5, 5.41) is 7.79. The molecule has 0 aromatic carbocycles. The van der Waals surface area contributed by atoms with Crippen LogP contribution in [-0.2, 0) is 19.1 Å². The van der Waals surface area contributed by atoms with Crippen molar-refractivity contribution in [2.45, 2.75) is 19.4 Å². The predicted octanol–water partition coefficient (Wildman–Crippen LogP) is -1.61. The molecule has 1 fully saturated rings. The van der Waals surface area contributed by atoms with Crippen LogP contribution in [0.2, 0.25) is 0 Å². The Balaban J connectivity index is 2.30. The average Bonchev–Trinajstić information content (AvgIpc) is 2.76. The third-order valence-corrected chi connectivity index (χ3v) is 2.71. The van der Waals surface area contributed by atoms with E-state index in [-0.39, 0.29) is 30.1 Å². The minimum atomic E-state index is -0.620. The van der Waals surface area contributed by atoms with Crippen LogP contribution in [0.25, 0.3) is 0 Å². The number of amides is 3. The second kappa shape index (κ2) is 6.95. The molecule has 0 spiro atoms. The fourth-order valence-corrected chi connectivity index (χ4v) is 1.62. The van der Waals surface area contributed by atoms with Crippen LogP contribution in [0.3, 0.4) is 0 Å². The second-order valence-electron chi connectivity index (χ2n) is 4.22. The Morgan fingerprint density at radius 2 is 2.28 bits per heavy atom. The highest BCUT2D eigenvalue weighted by Crippen LogP contribution is 2.08. The second-order valence-corrected chi connectivity index (χ2v) is 4.22. The van der Waals surface area contributed by atoms with E-state index in [0.717, 1.165) is 0 Å². The molecule has 102 valence electrons. The highest BCUT2D eigenvalue weighted by Gasteiger charge is 2.29. The lowest BCUT2D eigenvalue weighted by Gasteiger charge is -2.16. The smallest absolute Gasteiger partial charge is 0.242 e. The Labute approximate surface area is 106 Å². The quantitative estimate of drug-likeness (QED) is 0.499. The topological polar surface area (TPSA) is 96.5 Å². The van der Waals surface area contributed by atoms with Crippen LogP contribution in [0.5, 0.6) is 0 Å². The molecule has 7 nitrogen and oxygen atoms in total. The zero-order valence-electron chi connectivity index (χ0n) is 10.6. The number of nitrogens with one attached hydrogen (secondary N) is 3. The van der Waals surface area contributed by atoms with E-state index in [1.807, 2.05) is 0 Å². The first-order chi connectivity index (χ1) is 8.54. The molecule has 0 bridgehead atoms. The van der Waals surface area contributed by atoms with Gasteiger partial charge in [0.25, 0.3) is 0 Å². The molecule has 0 aromatic heterocycles. The summed E-state index contributed by atoms with van der Waals surface area (Å²) in [6.45, 7) is 2.76. The fourth-order valence-electron chi connectivity index (χ4n) is 1.62. The average molecular weight is 257 g/mol. The maximum Gasteiger partial charge on any atom is 0.242 e. The molecule has 0 aliphatic carbocycles. The standard InChI is InChI=1S/C11H19N3O4/c1-7(10(16)12-3-4-18-2)14-11(17)8-5-9(15)13-6-8/h7-8H,3-6H2,1-2H3,(H,12,16)(H,13,15)(H,14,17). The first kappa shape index (κ1) is 14.4. The van der Waals surface area contributed by atoms with Gasteiger partial charge < -0.3 is 20.7 Å². The summed E-state index contributed by atoms with van der Waals surface area (Å²) in [5.74, 6) is -1.06. The first-order valence-electron chi connectivity index (χ1n) is 5.88. The molecule has 1 heterocycles. The maximum atomic E-state index is 11.7. The zero-order valence-corrected chi connectivity index (χ0v) is 10.6. The Bertz CT molecular complexity index is 332. The lowest BCUT2D eigenvalue weighted by atomic mass is 10.1. The molecule has 1 aliphatic heterocycles. The highest BCUT2D eigenvalue weighted by atomic mass is 16.5. The van der Waals surface area contributed by atoms with E-state index in [4.69, 9.17) is 4.74 Å². The molecule has 2 unspecified atom stereocenters. The van der Waals surface area contributed by atoms with E-state index in [1.165, 1.54) is 0 Å². The van der Waals surface area contributed by atoms with Crippen molar-refractivity contribution < 1.29 is 19.1 Å². The number of methoxy groups -OCH3 is 1. The Morgan fingerprint density at radius 3 is 2.83 bits per heavy atom. The molecule has 2 atom stereocenters. The van der Waals surface area contributed by atoms with E-state index in [1.54, 1.807) is 14.0 Å². The van der Waals surface area contributed by atoms with Gasteiger partial charge in [0.1, 0.15) is 6.04 Å². The van der Waals surface area contributed by atoms with Gasteiger partial charge in [-0.2, -0.15) is 0 Å². The lowest BCUT2D eigenvalue weighted by molar-refractivity contribution is -0.131. The van der Waals surface area contributed by atoms with Crippen LogP contribution in [0.4, 0.5) is 0 Å². The molecule has 0 saturated carbocycles. The van der Waals surface area contributed by atoms with E-state index in [9.17, 15) is 14.4 Å². The molecular weight excluding hydrogens is 238 g/mol. The zero-order chi connectivity index (χ0) is 13.5. The molecule has 7 heteroatoms. The van der Waals surface area contributed by atoms with Gasteiger partial charge in [0, 0.05) is 26.6 Å². The van der Waals surface area contributed by atoms with Gasteiger partial charge in [-0.15, -0.1) is 0 Å². The summed E-state index contributed by atoms with van der Waals surface area (Å²) in [4.78, 5) is 34.3. The van der Waals surface area contributed by atoms with Gasteiger partial charge in [-0.1, -0.05) is 0 Å². The van der Waals surface area contributed by atoms with Gasteiger partial charge >= 0.3 is 0 Å². The molecule has 3 N–H and O–H groups in total. The van der Waals surface area contributed by atoms with E-state index >= 15 is 0 Å². The molecule has 18 heavy (non-hydrogen) atoms. The van der Waals surface area contributed by atoms with Gasteiger partial charge in [0.2, 0.25) is 17.7 Å². The van der Waals surface area contributed by atoms with E-state index in [0.29, 0.717) is 19.7 Å². The number of ether oxygens (including phenoxy) is 1. The van der Waals surface area contributed by atoms with Crippen molar-refractivity contribution >= 4 is 17.7 Å². The van der Waals surface area contributed by atoms with Crippen LogP contribution in [0, 0.1) is 5.92 Å². The van der Waals surface area contributed by atoms with Gasteiger partial charge in [-0.05, 0) is 6.92 Å². The first-order valence-corrected chi connectivity index (χ1v) is 5.88. The Hall–Kier alpha value is -1.63. The summed E-state index contributed by atoms with van der Waals surface area (Å²) < 4.78 is 4.80. The van der Waals surface area contributed by atoms with Crippen LogP contribution < -0.4 is 16.0 Å². The highest BCUT2D eigenvalue weighted by molar-refractivity contribution is 5.92. The Morgan fingerprint density at radius 1 is 1.56 bits per heavy atom. The van der Waals surface area contributed by atoms with Crippen LogP contribution in [0.1, 0.15) is 13.3 Å². The van der Waals surface area contributed by atoms with Crippen molar-refractivity contribution in [3.63, 3.8) is 0 Å². The SMILES string of the molecule is COCCNC(=O)C(C)NC(=O)C1CNC(=O)C1. The van der Waals surface area contributed by atoms with Crippen molar-refractivity contribution in [2.75, 3.05) is 26.8 Å². The van der Waals surface area contributed by atoms with Crippen molar-refractivity contribution in [1.29, 1.82) is 0 Å². The van der Waals surface area contributed by atoms with Crippen molar-refractivity contribution in [3.8, 4) is 0 Å². The molecular formula is C11H19N3O4. The minimum Gasteiger partial charge on any atom is -0.383 e. The normalized spacial score (nSPS) is 20.1. The number of hydrogen-bond acceptors (Lipinski definition) is 4. The molecule has 3 amide bonds. The number of carbonyl (C=O) groups excluding carboxylic acids is 3. The molecule has 1 aliphatic rings. The van der Waals surface area contributed by atoms with Gasteiger partial charge in [0.05, 0.1) is 12.5 Å². The largest absolute Gasteiger partial charge is 0.383 e. The lowest BCUT2D eigenvalue weighted by Crippen LogP contribution is -2.47. The third-order valence-electron chi connectivity index (χ3n) is 2.71. The van der Waals surface area contributed by atoms with Gasteiger partial charge in [-0.3, -0.25) is 14.4 Å². The fraction of sp³-hybridized carbons (Fsp3) is 0.727. The van der Waals surface area contributed by atoms with E-state index in [2.05, 4.69) is 16.0 Å². The van der Waals surface area contributed by atoms with E-state index < -0.39 is 6.04 Å². The van der Waals surface area contributed by atoms with Crippen molar-refractivity contribution in [1.82, 2.24) is 16.0 Å². The maximum absolute atomic E-state index is 11.7. The predicted molar refractivity (Wildman–Crippen MR) is 63.6 cm³/mol. The number of carbonyl (C=O) groups is 3. The molecule has 1 saturated heterocycles. The number of rotatable bonds is 6. The monoisotopic (exact) mass is 257 g/mol. The van der Waals surface area contributed by atoms with Gasteiger partial charge in [0.15, 0.2) is 0 Å². The molecule has 0 aromatic rings. The van der Waals surface area contributed by atoms with Crippen LogP contribution in [0.15, 0.2) is 0 Å². The summed E-state index contributed by atoms with van der Waals surface area (Å²) >= 11 is 0. The van der Waals surface area contributed by atoms with Gasteiger partial charge in [-0.25, -0.2) is 0 Å². The molecule has 0 radical (unpaired) electrons. The van der Waals surface area contributed by atoms with Crippen molar-refractivity contribution in [2.24, 2.45) is 5.92 Å². The van der Waals surface area contributed by atoms with Crippen LogP contribution >= 0.6 is 0 Å². The Kier molecular flexibility index (Phi) is 5.57. The molecule has 1 rings (SSSR count). The summed E-state index contributed by atoms with van der Waals surface area (Å²) in [6, 6.07) is -0.620. The summed E-state index contributed by atoms with van der Waals surface area (Å²) in [5.41, 5.74) is 0. The number of hydrogen-bond donors (Lipinski definition) is 3.